The lowest BCUT2D eigenvalue weighted by molar-refractivity contribution is 0.0370. The van der Waals surface area contributed by atoms with Gasteiger partial charge in [-0.15, -0.1) is 0 Å². The Morgan fingerprint density at radius 3 is 1.41 bits per heavy atom. The number of unbranched alkanes of at least 4 members (excludes halogenated alkanes) is 1. The van der Waals surface area contributed by atoms with E-state index in [4.69, 9.17) is 29.5 Å². The number of methoxy groups -OCH3 is 1. The van der Waals surface area contributed by atoms with Crippen molar-refractivity contribution in [3.05, 3.63) is 0 Å². The molecule has 0 saturated heterocycles. The van der Waals surface area contributed by atoms with Crippen LogP contribution in [0.5, 0.6) is 0 Å². The van der Waals surface area contributed by atoms with E-state index < -0.39 is 0 Å². The molecule has 0 aromatic carbocycles. The summed E-state index contributed by atoms with van der Waals surface area (Å²) < 4.78 is 19.3. The monoisotopic (exact) mass is 328 g/mol. The van der Waals surface area contributed by atoms with E-state index in [2.05, 4.69) is 11.7 Å². The molecule has 0 rings (SSSR count). The first-order chi connectivity index (χ1) is 10.7. The number of aliphatic hydroxyl groups is 3. The predicted molar refractivity (Wildman–Crippen MR) is 86.2 cm³/mol. The molecule has 0 radical (unpaired) electrons. The van der Waals surface area contributed by atoms with Crippen LogP contribution in [0, 0.1) is 0 Å². The largest absolute Gasteiger partial charge is 0.394 e. The quantitative estimate of drug-likeness (QED) is 0.422. The highest BCUT2D eigenvalue weighted by molar-refractivity contribution is 4.28. The molecule has 0 aromatic rings. The number of aliphatic hydroxyl groups excluding tert-OH is 3. The highest BCUT2D eigenvalue weighted by Crippen LogP contribution is 1.83. The van der Waals surface area contributed by atoms with Crippen LogP contribution in [0.3, 0.4) is 0 Å². The van der Waals surface area contributed by atoms with Gasteiger partial charge < -0.3 is 34.3 Å². The van der Waals surface area contributed by atoms with E-state index in [0.717, 1.165) is 13.2 Å². The minimum Gasteiger partial charge on any atom is -0.394 e. The summed E-state index contributed by atoms with van der Waals surface area (Å²) in [6.45, 7) is 8.12. The van der Waals surface area contributed by atoms with Gasteiger partial charge in [0.2, 0.25) is 0 Å². The van der Waals surface area contributed by atoms with Gasteiger partial charge in [-0.25, -0.2) is 0 Å². The van der Waals surface area contributed by atoms with Gasteiger partial charge in [-0.3, -0.25) is 0 Å². The molecule has 0 aliphatic carbocycles. The fourth-order valence-electron chi connectivity index (χ4n) is 0.949. The molecule has 0 fully saturated rings. The second-order valence-electron chi connectivity index (χ2n) is 3.94. The van der Waals surface area contributed by atoms with Crippen LogP contribution in [0.4, 0.5) is 0 Å². The fraction of sp³-hybridized carbons (Fsp3) is 1.00. The van der Waals surface area contributed by atoms with Crippen molar-refractivity contribution < 1.29 is 34.3 Å². The zero-order chi connectivity index (χ0) is 17.3. The van der Waals surface area contributed by atoms with Crippen molar-refractivity contribution >= 4 is 0 Å². The van der Waals surface area contributed by atoms with Crippen LogP contribution in [0.2, 0.25) is 0 Å². The normalized spacial score (nSPS) is 9.55. The highest BCUT2D eigenvalue weighted by Gasteiger charge is 1.84. The van der Waals surface area contributed by atoms with Gasteiger partial charge in [0.1, 0.15) is 0 Å². The standard InChI is InChI=1S/C6H14O3.C5H12O.C4H10O3/c1-2-8-5-6-9-4-3-7;1-3-4-5-6-2;5-1-3-7-4-2-6/h7H,2-6H2,1H3;3-5H2,1-2H3;5-6H,1-4H2. The molecular formula is C15H36O7. The zero-order valence-electron chi connectivity index (χ0n) is 14.5. The summed E-state index contributed by atoms with van der Waals surface area (Å²) in [7, 11) is 1.73. The Morgan fingerprint density at radius 1 is 0.636 bits per heavy atom. The van der Waals surface area contributed by atoms with Crippen molar-refractivity contribution in [3.8, 4) is 0 Å². The molecule has 0 spiro atoms. The van der Waals surface area contributed by atoms with Crippen LogP contribution in [0.25, 0.3) is 0 Å². The van der Waals surface area contributed by atoms with Gasteiger partial charge in [0, 0.05) is 20.3 Å². The molecule has 0 saturated carbocycles. The topological polar surface area (TPSA) is 97.6 Å². The third kappa shape index (κ3) is 42.7. The number of hydrogen-bond donors (Lipinski definition) is 3. The van der Waals surface area contributed by atoms with Gasteiger partial charge in [0.15, 0.2) is 0 Å². The number of ether oxygens (including phenoxy) is 4. The molecule has 0 aromatic heterocycles. The highest BCUT2D eigenvalue weighted by atomic mass is 16.5. The molecule has 0 amide bonds. The Morgan fingerprint density at radius 2 is 1.09 bits per heavy atom. The van der Waals surface area contributed by atoms with Crippen molar-refractivity contribution in [3.63, 3.8) is 0 Å². The van der Waals surface area contributed by atoms with Gasteiger partial charge in [-0.05, 0) is 13.3 Å². The van der Waals surface area contributed by atoms with E-state index in [-0.39, 0.29) is 19.8 Å². The minimum atomic E-state index is 0.0278. The van der Waals surface area contributed by atoms with E-state index >= 15 is 0 Å². The lowest BCUT2D eigenvalue weighted by Crippen LogP contribution is -2.06. The van der Waals surface area contributed by atoms with Crippen molar-refractivity contribution in [1.29, 1.82) is 0 Å². The Kier molecular flexibility index (Phi) is 39.4. The second kappa shape index (κ2) is 32.6. The minimum absolute atomic E-state index is 0.0278. The summed E-state index contributed by atoms with van der Waals surface area (Å²) in [4.78, 5) is 0. The number of rotatable bonds is 13. The zero-order valence-corrected chi connectivity index (χ0v) is 14.5. The molecule has 0 aliphatic heterocycles. The molecule has 0 atom stereocenters. The summed E-state index contributed by atoms with van der Waals surface area (Å²) in [5.74, 6) is 0. The van der Waals surface area contributed by atoms with Crippen molar-refractivity contribution in [2.75, 3.05) is 73.2 Å². The van der Waals surface area contributed by atoms with Crippen LogP contribution in [-0.2, 0) is 18.9 Å². The van der Waals surface area contributed by atoms with Crippen molar-refractivity contribution in [2.24, 2.45) is 0 Å². The first kappa shape index (κ1) is 26.6. The van der Waals surface area contributed by atoms with E-state index in [1.54, 1.807) is 7.11 Å². The summed E-state index contributed by atoms with van der Waals surface area (Å²) >= 11 is 0. The number of hydrogen-bond acceptors (Lipinski definition) is 7. The smallest absolute Gasteiger partial charge is 0.0701 e. The molecule has 7 nitrogen and oxygen atoms in total. The summed E-state index contributed by atoms with van der Waals surface area (Å²) in [6, 6.07) is 0. The maximum atomic E-state index is 8.26. The summed E-state index contributed by atoms with van der Waals surface area (Å²) in [5, 5.41) is 24.4. The lowest BCUT2D eigenvalue weighted by Gasteiger charge is -2.00. The SMILES string of the molecule is CCCCOC.CCOCCOCCO.OCCOCCO. The van der Waals surface area contributed by atoms with Crippen LogP contribution in [0.1, 0.15) is 26.7 Å². The van der Waals surface area contributed by atoms with E-state index in [0.29, 0.717) is 33.0 Å². The van der Waals surface area contributed by atoms with E-state index in [1.807, 2.05) is 6.92 Å². The predicted octanol–water partition coefficient (Wildman–Crippen LogP) is 0.452. The summed E-state index contributed by atoms with van der Waals surface area (Å²) in [5.41, 5.74) is 0. The second-order valence-corrected chi connectivity index (χ2v) is 3.94. The van der Waals surface area contributed by atoms with Crippen molar-refractivity contribution in [2.45, 2.75) is 26.7 Å². The Hall–Kier alpha value is -0.280. The molecule has 0 aliphatic rings. The molecular weight excluding hydrogens is 292 g/mol. The Labute approximate surface area is 135 Å². The molecule has 7 heteroatoms. The first-order valence-corrected chi connectivity index (χ1v) is 7.79. The van der Waals surface area contributed by atoms with E-state index in [1.165, 1.54) is 12.8 Å². The van der Waals surface area contributed by atoms with E-state index in [9.17, 15) is 0 Å². The lowest BCUT2D eigenvalue weighted by atomic mass is 10.4. The Balaban J connectivity index is -0.000000252. The maximum Gasteiger partial charge on any atom is 0.0701 e. The van der Waals surface area contributed by atoms with Crippen LogP contribution < -0.4 is 0 Å². The maximum absolute atomic E-state index is 8.26. The fourth-order valence-corrected chi connectivity index (χ4v) is 0.949. The average Bonchev–Trinajstić information content (AvgIpc) is 2.54. The van der Waals surface area contributed by atoms with Gasteiger partial charge in [0.05, 0.1) is 52.9 Å². The molecule has 138 valence electrons. The molecule has 0 heterocycles. The van der Waals surface area contributed by atoms with Crippen LogP contribution >= 0.6 is 0 Å². The van der Waals surface area contributed by atoms with Gasteiger partial charge >= 0.3 is 0 Å². The third-order valence-electron chi connectivity index (χ3n) is 1.99. The molecule has 3 N–H and O–H groups in total. The average molecular weight is 328 g/mol. The van der Waals surface area contributed by atoms with Gasteiger partial charge in [-0.2, -0.15) is 0 Å². The van der Waals surface area contributed by atoms with Gasteiger partial charge in [0.25, 0.3) is 0 Å². The molecule has 0 unspecified atom stereocenters. The molecule has 0 bridgehead atoms. The van der Waals surface area contributed by atoms with Crippen LogP contribution in [-0.4, -0.2) is 88.5 Å². The van der Waals surface area contributed by atoms with Gasteiger partial charge in [-0.1, -0.05) is 13.3 Å². The van der Waals surface area contributed by atoms with Crippen molar-refractivity contribution in [1.82, 2.24) is 0 Å². The Bertz CT molecular complexity index is 134. The third-order valence-corrected chi connectivity index (χ3v) is 1.99. The molecule has 22 heavy (non-hydrogen) atoms. The van der Waals surface area contributed by atoms with Crippen LogP contribution in [0.15, 0.2) is 0 Å². The first-order valence-electron chi connectivity index (χ1n) is 7.79. The summed E-state index contributed by atoms with van der Waals surface area (Å²) in [6.07, 6.45) is 2.42.